The van der Waals surface area contributed by atoms with Gasteiger partial charge >= 0.3 is 17.6 Å². The normalized spacial score (nSPS) is 10.8. The first-order chi connectivity index (χ1) is 15.1. The number of hydrogen-bond acceptors (Lipinski definition) is 5. The number of nitrogens with one attached hydrogen (secondary N) is 1. The number of benzene rings is 2. The predicted molar refractivity (Wildman–Crippen MR) is 124 cm³/mol. The van der Waals surface area contributed by atoms with Gasteiger partial charge in [0.1, 0.15) is 4.88 Å². The Labute approximate surface area is 187 Å². The van der Waals surface area contributed by atoms with Gasteiger partial charge in [-0.3, -0.25) is 4.98 Å². The SMILES string of the molecule is O=C(O)C(F)(F)P.O=C(O)c1cc2c(Nc3ccc(-c4ccccc4)cc3)cncc2s1. The second-order valence-electron chi connectivity index (χ2n) is 6.51. The summed E-state index contributed by atoms with van der Waals surface area (Å²) in [5.74, 6) is -3.04. The van der Waals surface area contributed by atoms with Crippen LogP contribution >= 0.6 is 20.6 Å². The number of anilines is 2. The monoisotopic (exact) mass is 474 g/mol. The van der Waals surface area contributed by atoms with Crippen LogP contribution in [0.1, 0.15) is 9.67 Å². The van der Waals surface area contributed by atoms with Gasteiger partial charge in [0.25, 0.3) is 0 Å². The van der Waals surface area contributed by atoms with Gasteiger partial charge < -0.3 is 15.5 Å². The van der Waals surface area contributed by atoms with Crippen LogP contribution in [0.5, 0.6) is 0 Å². The summed E-state index contributed by atoms with van der Waals surface area (Å²) < 4.78 is 23.3. The van der Waals surface area contributed by atoms with Crippen LogP contribution in [0, 0.1) is 0 Å². The first-order valence-electron chi connectivity index (χ1n) is 9.08. The van der Waals surface area contributed by atoms with Crippen LogP contribution in [0.3, 0.4) is 0 Å². The van der Waals surface area contributed by atoms with Gasteiger partial charge in [0.2, 0.25) is 0 Å². The van der Waals surface area contributed by atoms with Gasteiger partial charge in [-0.15, -0.1) is 11.3 Å². The van der Waals surface area contributed by atoms with Crippen molar-refractivity contribution in [3.8, 4) is 11.1 Å². The molecule has 10 heteroatoms. The smallest absolute Gasteiger partial charge is 0.378 e. The molecule has 2 aromatic carbocycles. The fourth-order valence-electron chi connectivity index (χ4n) is 2.70. The lowest BCUT2D eigenvalue weighted by molar-refractivity contribution is -0.153. The maximum absolute atomic E-state index is 11.2. The van der Waals surface area contributed by atoms with Crippen molar-refractivity contribution in [1.29, 1.82) is 0 Å². The van der Waals surface area contributed by atoms with Crippen LogP contribution in [0.15, 0.2) is 73.1 Å². The van der Waals surface area contributed by atoms with Gasteiger partial charge in [-0.2, -0.15) is 8.78 Å². The van der Waals surface area contributed by atoms with Gasteiger partial charge in [0.15, 0.2) is 0 Å². The van der Waals surface area contributed by atoms with Gasteiger partial charge in [-0.05, 0) is 38.6 Å². The lowest BCUT2D eigenvalue weighted by Gasteiger charge is -2.08. The van der Waals surface area contributed by atoms with Crippen molar-refractivity contribution in [2.45, 2.75) is 5.66 Å². The third-order valence-electron chi connectivity index (χ3n) is 4.21. The van der Waals surface area contributed by atoms with E-state index in [1.165, 1.54) is 16.9 Å². The Kier molecular flexibility index (Phi) is 7.12. The van der Waals surface area contributed by atoms with Crippen molar-refractivity contribution in [3.63, 3.8) is 0 Å². The number of thiophene rings is 1. The van der Waals surface area contributed by atoms with E-state index in [9.17, 15) is 23.5 Å². The molecule has 4 aromatic rings. The van der Waals surface area contributed by atoms with E-state index in [2.05, 4.69) is 34.6 Å². The number of aromatic nitrogens is 1. The first-order valence-corrected chi connectivity index (χ1v) is 10.5. The minimum absolute atomic E-state index is 0.311. The lowest BCUT2D eigenvalue weighted by Crippen LogP contribution is -2.18. The Balaban J connectivity index is 0.000000360. The summed E-state index contributed by atoms with van der Waals surface area (Å²) in [6, 6.07) is 20.0. The van der Waals surface area contributed by atoms with E-state index in [0.29, 0.717) is 4.88 Å². The van der Waals surface area contributed by atoms with Crippen LogP contribution in [-0.2, 0) is 4.79 Å². The van der Waals surface area contributed by atoms with E-state index in [-0.39, 0.29) is 0 Å². The van der Waals surface area contributed by atoms with Crippen molar-refractivity contribution in [1.82, 2.24) is 4.98 Å². The molecule has 164 valence electrons. The highest BCUT2D eigenvalue weighted by atomic mass is 32.1. The molecule has 0 spiro atoms. The molecule has 3 N–H and O–H groups in total. The van der Waals surface area contributed by atoms with Crippen LogP contribution in [0.4, 0.5) is 20.2 Å². The van der Waals surface area contributed by atoms with Crippen LogP contribution < -0.4 is 5.32 Å². The van der Waals surface area contributed by atoms with E-state index in [1.807, 2.05) is 30.3 Å². The summed E-state index contributed by atoms with van der Waals surface area (Å²) in [6.45, 7) is 0. The van der Waals surface area contributed by atoms with Crippen molar-refractivity contribution < 1.29 is 28.6 Å². The maximum atomic E-state index is 11.2. The van der Waals surface area contributed by atoms with Crippen molar-refractivity contribution >= 4 is 54.0 Å². The molecule has 0 aliphatic rings. The molecule has 0 saturated heterocycles. The minimum atomic E-state index is -3.67. The summed E-state index contributed by atoms with van der Waals surface area (Å²) in [6.07, 6.45) is 3.40. The number of fused-ring (bicyclic) bond motifs is 1. The third-order valence-corrected chi connectivity index (χ3v) is 5.52. The first kappa shape index (κ1) is 23.2. The molecule has 2 aromatic heterocycles. The van der Waals surface area contributed by atoms with Crippen LogP contribution in [0.25, 0.3) is 21.2 Å². The average molecular weight is 474 g/mol. The number of aromatic carboxylic acids is 1. The summed E-state index contributed by atoms with van der Waals surface area (Å²) >= 11 is 1.23. The van der Waals surface area contributed by atoms with Gasteiger partial charge in [-0.25, -0.2) is 9.59 Å². The van der Waals surface area contributed by atoms with E-state index >= 15 is 0 Å². The van der Waals surface area contributed by atoms with Gasteiger partial charge in [0, 0.05) is 17.3 Å². The number of pyridine rings is 1. The lowest BCUT2D eigenvalue weighted by atomic mass is 10.1. The minimum Gasteiger partial charge on any atom is -0.477 e. The number of carbonyl (C=O) groups is 2. The van der Waals surface area contributed by atoms with Gasteiger partial charge in [0.05, 0.1) is 16.6 Å². The molecule has 0 saturated carbocycles. The number of rotatable bonds is 5. The molecule has 0 bridgehead atoms. The second-order valence-corrected chi connectivity index (χ2v) is 8.32. The molecule has 0 amide bonds. The molecule has 4 rings (SSSR count). The fraction of sp³-hybridized carbons (Fsp3) is 0.0455. The van der Waals surface area contributed by atoms with E-state index < -0.39 is 17.6 Å². The summed E-state index contributed by atoms with van der Waals surface area (Å²) in [7, 11) is 0.898. The molecule has 0 aliphatic heterocycles. The van der Waals surface area contributed by atoms with Crippen molar-refractivity contribution in [2.24, 2.45) is 0 Å². The number of carboxylic acids is 2. The zero-order valence-corrected chi connectivity index (χ0v) is 18.3. The number of hydrogen-bond donors (Lipinski definition) is 3. The standard InChI is InChI=1S/C20H14N2O2S.C2H3F2O2P/c23-20(24)18-10-16-17(11-21-12-19(16)25-18)22-15-8-6-14(7-9-15)13-4-2-1-3-5-13;3-2(4,7)1(5)6/h1-12,22H,(H,23,24);7H2,(H,5,6). The molecular weight excluding hydrogens is 457 g/mol. The molecule has 0 aliphatic carbocycles. The molecule has 2 heterocycles. The molecule has 6 nitrogen and oxygen atoms in total. The third kappa shape index (κ3) is 5.84. The number of aliphatic carboxylic acids is 1. The number of alkyl halides is 2. The fourth-order valence-corrected chi connectivity index (χ4v) is 3.59. The molecule has 1 unspecified atom stereocenters. The zero-order chi connectivity index (χ0) is 23.3. The Bertz CT molecular complexity index is 1240. The molecular formula is C22H17F2N2O4PS. The summed E-state index contributed by atoms with van der Waals surface area (Å²) in [4.78, 5) is 24.9. The highest BCUT2D eigenvalue weighted by molar-refractivity contribution is 7.20. The van der Waals surface area contributed by atoms with Crippen LogP contribution in [0.2, 0.25) is 0 Å². The van der Waals surface area contributed by atoms with E-state index in [0.717, 1.165) is 36.3 Å². The Morgan fingerprint density at radius 2 is 1.56 bits per heavy atom. The molecule has 0 radical (unpaired) electrons. The van der Waals surface area contributed by atoms with Crippen molar-refractivity contribution in [2.75, 3.05) is 5.32 Å². The van der Waals surface area contributed by atoms with E-state index in [1.54, 1.807) is 18.5 Å². The molecule has 32 heavy (non-hydrogen) atoms. The maximum Gasteiger partial charge on any atom is 0.378 e. The Morgan fingerprint density at radius 3 is 2.12 bits per heavy atom. The Hall–Kier alpha value is -3.42. The molecule has 0 fully saturated rings. The largest absolute Gasteiger partial charge is 0.477 e. The second kappa shape index (κ2) is 9.80. The average Bonchev–Trinajstić information content (AvgIpc) is 3.21. The van der Waals surface area contributed by atoms with Crippen molar-refractivity contribution in [3.05, 3.63) is 77.9 Å². The van der Waals surface area contributed by atoms with Gasteiger partial charge in [-0.1, -0.05) is 42.5 Å². The van der Waals surface area contributed by atoms with E-state index in [4.69, 9.17) is 5.11 Å². The highest BCUT2D eigenvalue weighted by Crippen LogP contribution is 2.32. The number of carboxylic acid groups (broad SMARTS) is 2. The topological polar surface area (TPSA) is 99.5 Å². The zero-order valence-electron chi connectivity index (χ0n) is 16.3. The van der Waals surface area contributed by atoms with Crippen LogP contribution in [-0.4, -0.2) is 32.8 Å². The highest BCUT2D eigenvalue weighted by Gasteiger charge is 2.31. The summed E-state index contributed by atoms with van der Waals surface area (Å²) in [5, 5.41) is 20.8. The Morgan fingerprint density at radius 1 is 0.969 bits per heavy atom. The predicted octanol–water partition coefficient (Wildman–Crippen LogP) is 5.94. The quantitative estimate of drug-likeness (QED) is 0.310. The molecule has 1 atom stereocenters. The number of halogens is 2. The summed E-state index contributed by atoms with van der Waals surface area (Å²) in [5.41, 5.74) is 0.374. The number of nitrogens with zero attached hydrogens (tertiary/aromatic N) is 1.